The van der Waals surface area contributed by atoms with Crippen molar-refractivity contribution in [1.82, 2.24) is 4.98 Å². The Bertz CT molecular complexity index is 488. The molecule has 2 aromatic rings. The lowest BCUT2D eigenvalue weighted by Gasteiger charge is -2.08. The molecular formula is C13H15FN2S. The Morgan fingerprint density at radius 2 is 2.24 bits per heavy atom. The first-order chi connectivity index (χ1) is 8.20. The molecule has 0 unspecified atom stereocenters. The number of anilines is 1. The number of aryl methyl sites for hydroxylation is 2. The molecule has 0 amide bonds. The topological polar surface area (TPSA) is 24.9 Å². The van der Waals surface area contributed by atoms with Crippen molar-refractivity contribution in [2.45, 2.75) is 26.8 Å². The number of hydrogen-bond acceptors (Lipinski definition) is 3. The second-order valence-corrected chi connectivity index (χ2v) is 4.81. The minimum Gasteiger partial charge on any atom is -0.377 e. The molecule has 90 valence electrons. The summed E-state index contributed by atoms with van der Waals surface area (Å²) < 4.78 is 13.5. The summed E-state index contributed by atoms with van der Waals surface area (Å²) in [4.78, 5) is 4.44. The normalized spacial score (nSPS) is 10.5. The number of halogens is 1. The molecule has 2 rings (SSSR count). The summed E-state index contributed by atoms with van der Waals surface area (Å²) in [5, 5.41) is 6.24. The van der Waals surface area contributed by atoms with E-state index >= 15 is 0 Å². The maximum Gasteiger partial charge on any atom is 0.146 e. The molecule has 1 aromatic heterocycles. The van der Waals surface area contributed by atoms with Crippen molar-refractivity contribution in [3.8, 4) is 0 Å². The molecule has 4 heteroatoms. The zero-order valence-corrected chi connectivity index (χ0v) is 10.8. The third-order valence-corrected chi connectivity index (χ3v) is 3.61. The number of aromatic nitrogens is 1. The minimum atomic E-state index is -0.212. The third kappa shape index (κ3) is 2.82. The van der Waals surface area contributed by atoms with Gasteiger partial charge in [0.05, 0.1) is 22.9 Å². The van der Waals surface area contributed by atoms with Crippen LogP contribution in [0.3, 0.4) is 0 Å². The third-order valence-electron chi connectivity index (χ3n) is 2.57. The molecule has 1 heterocycles. The number of rotatable bonds is 4. The summed E-state index contributed by atoms with van der Waals surface area (Å²) in [6.07, 6.45) is 0.948. The van der Waals surface area contributed by atoms with Gasteiger partial charge in [-0.2, -0.15) is 0 Å². The Morgan fingerprint density at radius 3 is 2.88 bits per heavy atom. The van der Waals surface area contributed by atoms with Gasteiger partial charge in [0.2, 0.25) is 0 Å². The molecule has 0 aliphatic carbocycles. The lowest BCUT2D eigenvalue weighted by molar-refractivity contribution is 0.629. The van der Waals surface area contributed by atoms with Crippen LogP contribution < -0.4 is 5.32 Å². The SMILES string of the molecule is CCc1nc(CNc2c(C)cccc2F)cs1. The maximum absolute atomic E-state index is 13.5. The van der Waals surface area contributed by atoms with E-state index in [9.17, 15) is 4.39 Å². The summed E-state index contributed by atoms with van der Waals surface area (Å²) in [6.45, 7) is 4.54. The Balaban J connectivity index is 2.07. The molecule has 1 aromatic carbocycles. The number of nitrogens with one attached hydrogen (secondary N) is 1. The van der Waals surface area contributed by atoms with Gasteiger partial charge in [-0.15, -0.1) is 11.3 Å². The molecule has 0 bridgehead atoms. The van der Waals surface area contributed by atoms with E-state index in [1.54, 1.807) is 17.4 Å². The minimum absolute atomic E-state index is 0.212. The van der Waals surface area contributed by atoms with Gasteiger partial charge in [-0.25, -0.2) is 9.37 Å². The second kappa shape index (κ2) is 5.27. The summed E-state index contributed by atoms with van der Waals surface area (Å²) in [6, 6.07) is 5.08. The van der Waals surface area contributed by atoms with Gasteiger partial charge >= 0.3 is 0 Å². The van der Waals surface area contributed by atoms with Crippen molar-refractivity contribution in [2.75, 3.05) is 5.32 Å². The zero-order chi connectivity index (χ0) is 12.3. The van der Waals surface area contributed by atoms with E-state index in [0.717, 1.165) is 22.7 Å². The molecular weight excluding hydrogens is 235 g/mol. The van der Waals surface area contributed by atoms with Gasteiger partial charge in [0, 0.05) is 5.38 Å². The van der Waals surface area contributed by atoms with Crippen LogP contribution in [0.25, 0.3) is 0 Å². The molecule has 0 radical (unpaired) electrons. The highest BCUT2D eigenvalue weighted by Gasteiger charge is 2.05. The van der Waals surface area contributed by atoms with Crippen molar-refractivity contribution in [3.05, 3.63) is 45.7 Å². The molecule has 2 nitrogen and oxygen atoms in total. The van der Waals surface area contributed by atoms with Gasteiger partial charge in [-0.3, -0.25) is 0 Å². The van der Waals surface area contributed by atoms with E-state index in [0.29, 0.717) is 12.2 Å². The fourth-order valence-corrected chi connectivity index (χ4v) is 2.37. The standard InChI is InChI=1S/C13H15FN2S/c1-3-12-16-10(8-17-12)7-15-13-9(2)5-4-6-11(13)14/h4-6,8,15H,3,7H2,1-2H3. The largest absolute Gasteiger partial charge is 0.377 e. The highest BCUT2D eigenvalue weighted by molar-refractivity contribution is 7.09. The van der Waals surface area contributed by atoms with Crippen molar-refractivity contribution < 1.29 is 4.39 Å². The number of nitrogens with zero attached hydrogens (tertiary/aromatic N) is 1. The first-order valence-corrected chi connectivity index (χ1v) is 6.51. The van der Waals surface area contributed by atoms with Gasteiger partial charge in [-0.05, 0) is 25.0 Å². The number of para-hydroxylation sites is 1. The van der Waals surface area contributed by atoms with E-state index in [4.69, 9.17) is 0 Å². The summed E-state index contributed by atoms with van der Waals surface area (Å²) in [5.41, 5.74) is 2.45. The fraction of sp³-hybridized carbons (Fsp3) is 0.308. The first kappa shape index (κ1) is 12.0. The van der Waals surface area contributed by atoms with Crippen molar-refractivity contribution in [3.63, 3.8) is 0 Å². The Labute approximate surface area is 105 Å². The van der Waals surface area contributed by atoms with Gasteiger partial charge in [-0.1, -0.05) is 19.1 Å². The Morgan fingerprint density at radius 1 is 1.41 bits per heavy atom. The van der Waals surface area contributed by atoms with Crippen LogP contribution in [-0.2, 0) is 13.0 Å². The lowest BCUT2D eigenvalue weighted by atomic mass is 10.2. The lowest BCUT2D eigenvalue weighted by Crippen LogP contribution is -2.03. The van der Waals surface area contributed by atoms with Gasteiger partial charge in [0.25, 0.3) is 0 Å². The summed E-state index contributed by atoms with van der Waals surface area (Å²) >= 11 is 1.65. The number of benzene rings is 1. The predicted molar refractivity (Wildman–Crippen MR) is 70.0 cm³/mol. The van der Waals surface area contributed by atoms with Crippen molar-refractivity contribution >= 4 is 17.0 Å². The Kier molecular flexibility index (Phi) is 3.74. The van der Waals surface area contributed by atoms with Crippen LogP contribution >= 0.6 is 11.3 Å². The average Bonchev–Trinajstić information content (AvgIpc) is 2.76. The molecule has 0 fully saturated rings. The van der Waals surface area contributed by atoms with E-state index in [-0.39, 0.29) is 5.82 Å². The van der Waals surface area contributed by atoms with Crippen LogP contribution in [-0.4, -0.2) is 4.98 Å². The van der Waals surface area contributed by atoms with Gasteiger partial charge in [0.1, 0.15) is 5.82 Å². The quantitative estimate of drug-likeness (QED) is 0.893. The van der Waals surface area contributed by atoms with Crippen LogP contribution in [0.4, 0.5) is 10.1 Å². The van der Waals surface area contributed by atoms with Crippen LogP contribution in [0.1, 0.15) is 23.2 Å². The van der Waals surface area contributed by atoms with Crippen LogP contribution in [0.5, 0.6) is 0 Å². The van der Waals surface area contributed by atoms with Crippen LogP contribution in [0.2, 0.25) is 0 Å². The first-order valence-electron chi connectivity index (χ1n) is 5.63. The van der Waals surface area contributed by atoms with E-state index < -0.39 is 0 Å². The highest BCUT2D eigenvalue weighted by atomic mass is 32.1. The smallest absolute Gasteiger partial charge is 0.146 e. The molecule has 0 atom stereocenters. The zero-order valence-electron chi connectivity index (χ0n) is 9.96. The molecule has 0 aliphatic rings. The highest BCUT2D eigenvalue weighted by Crippen LogP contribution is 2.20. The fourth-order valence-electron chi connectivity index (χ4n) is 1.63. The number of thiazole rings is 1. The van der Waals surface area contributed by atoms with Crippen molar-refractivity contribution in [1.29, 1.82) is 0 Å². The van der Waals surface area contributed by atoms with E-state index in [1.807, 2.05) is 18.4 Å². The molecule has 0 saturated heterocycles. The van der Waals surface area contributed by atoms with Crippen LogP contribution in [0, 0.1) is 12.7 Å². The molecule has 1 N–H and O–H groups in total. The van der Waals surface area contributed by atoms with Crippen LogP contribution in [0.15, 0.2) is 23.6 Å². The average molecular weight is 250 g/mol. The monoisotopic (exact) mass is 250 g/mol. The number of hydrogen-bond donors (Lipinski definition) is 1. The predicted octanol–water partition coefficient (Wildman–Crippen LogP) is 3.77. The van der Waals surface area contributed by atoms with Gasteiger partial charge < -0.3 is 5.32 Å². The van der Waals surface area contributed by atoms with E-state index in [1.165, 1.54) is 6.07 Å². The maximum atomic E-state index is 13.5. The second-order valence-electron chi connectivity index (χ2n) is 3.87. The Hall–Kier alpha value is -1.42. The molecule has 0 saturated carbocycles. The van der Waals surface area contributed by atoms with Gasteiger partial charge in [0.15, 0.2) is 0 Å². The molecule has 0 aliphatic heterocycles. The molecule has 17 heavy (non-hydrogen) atoms. The van der Waals surface area contributed by atoms with Crippen molar-refractivity contribution in [2.24, 2.45) is 0 Å². The summed E-state index contributed by atoms with van der Waals surface area (Å²) in [5.74, 6) is -0.212. The molecule has 0 spiro atoms. The summed E-state index contributed by atoms with van der Waals surface area (Å²) in [7, 11) is 0. The van der Waals surface area contributed by atoms with E-state index in [2.05, 4.69) is 17.2 Å².